The van der Waals surface area contributed by atoms with Crippen LogP contribution >= 0.6 is 0 Å². The molecule has 4 aliphatic carbocycles. The molecule has 0 amide bonds. The molecule has 4 aliphatic rings. The van der Waals surface area contributed by atoms with E-state index in [9.17, 15) is 0 Å². The van der Waals surface area contributed by atoms with Crippen LogP contribution in [0.2, 0.25) is 0 Å². The molecule has 7 unspecified atom stereocenters. The average molecular weight is 381 g/mol. The Morgan fingerprint density at radius 1 is 1.07 bits per heavy atom. The summed E-state index contributed by atoms with van der Waals surface area (Å²) in [7, 11) is 0. The van der Waals surface area contributed by atoms with Crippen LogP contribution in [0.15, 0.2) is 11.6 Å². The zero-order chi connectivity index (χ0) is 19.9. The van der Waals surface area contributed by atoms with Crippen molar-refractivity contribution < 1.29 is 0 Å². The average Bonchev–Trinajstić information content (AvgIpc) is 2.98. The molecule has 28 heavy (non-hydrogen) atoms. The highest BCUT2D eigenvalue weighted by atomic mass is 14.6. The molecular weight excluding hydrogens is 336 g/mol. The standard InChI is InChI=1S/C28H44/c1-20(2)9-7-6-8-10-22-12-14-25-24-13-11-23-19-21(3)15-17-28(23,5)26(24)16-18-27(22,25)4/h11,20-22,24-26H,6-7,9,12-19H2,1-5H3. The maximum Gasteiger partial charge on any atom is 0.0259 e. The topological polar surface area (TPSA) is 0 Å². The second kappa shape index (κ2) is 7.85. The summed E-state index contributed by atoms with van der Waals surface area (Å²) in [5.41, 5.74) is 2.86. The van der Waals surface area contributed by atoms with E-state index < -0.39 is 0 Å². The zero-order valence-corrected chi connectivity index (χ0v) is 19.3. The first kappa shape index (κ1) is 20.6. The number of hydrogen-bond donors (Lipinski definition) is 0. The van der Waals surface area contributed by atoms with Gasteiger partial charge in [-0.15, -0.1) is 5.92 Å². The fourth-order valence-corrected chi connectivity index (χ4v) is 7.87. The number of fused-ring (bicyclic) bond motifs is 5. The van der Waals surface area contributed by atoms with Crippen LogP contribution in [0.1, 0.15) is 105 Å². The summed E-state index contributed by atoms with van der Waals surface area (Å²) in [6.07, 6.45) is 17.8. The highest BCUT2D eigenvalue weighted by molar-refractivity contribution is 5.26. The van der Waals surface area contributed by atoms with Gasteiger partial charge in [-0.05, 0) is 98.2 Å². The Hall–Kier alpha value is -0.700. The monoisotopic (exact) mass is 380 g/mol. The normalized spacial score (nSPS) is 44.8. The third-order valence-corrected chi connectivity index (χ3v) is 9.71. The Bertz CT molecular complexity index is 657. The minimum Gasteiger partial charge on any atom is -0.103 e. The van der Waals surface area contributed by atoms with Crippen LogP contribution in [0, 0.1) is 58.2 Å². The molecular formula is C28H44. The molecule has 0 bridgehead atoms. The number of rotatable bonds is 3. The first-order chi connectivity index (χ1) is 13.3. The zero-order valence-electron chi connectivity index (χ0n) is 19.3. The number of hydrogen-bond acceptors (Lipinski definition) is 0. The van der Waals surface area contributed by atoms with Gasteiger partial charge in [0.05, 0.1) is 0 Å². The van der Waals surface area contributed by atoms with Gasteiger partial charge in [-0.1, -0.05) is 58.6 Å². The lowest BCUT2D eigenvalue weighted by molar-refractivity contribution is -0.0364. The summed E-state index contributed by atoms with van der Waals surface area (Å²) < 4.78 is 0. The van der Waals surface area contributed by atoms with Crippen molar-refractivity contribution in [2.45, 2.75) is 105 Å². The highest BCUT2D eigenvalue weighted by Crippen LogP contribution is 2.66. The third kappa shape index (κ3) is 3.50. The van der Waals surface area contributed by atoms with Gasteiger partial charge in [0.25, 0.3) is 0 Å². The van der Waals surface area contributed by atoms with Crippen molar-refractivity contribution in [2.75, 3.05) is 0 Å². The van der Waals surface area contributed by atoms with E-state index in [1.165, 1.54) is 64.2 Å². The Labute approximate surface area is 175 Å². The van der Waals surface area contributed by atoms with Gasteiger partial charge in [-0.25, -0.2) is 0 Å². The smallest absolute Gasteiger partial charge is 0.0259 e. The van der Waals surface area contributed by atoms with Crippen molar-refractivity contribution in [1.82, 2.24) is 0 Å². The second-order valence-corrected chi connectivity index (χ2v) is 11.9. The Kier molecular flexibility index (Phi) is 5.77. The maximum atomic E-state index is 3.80. The molecule has 0 saturated heterocycles. The minimum absolute atomic E-state index is 0.496. The van der Waals surface area contributed by atoms with Crippen molar-refractivity contribution in [2.24, 2.45) is 46.3 Å². The molecule has 0 radical (unpaired) electrons. The van der Waals surface area contributed by atoms with Gasteiger partial charge in [0.15, 0.2) is 0 Å². The van der Waals surface area contributed by atoms with Gasteiger partial charge in [0, 0.05) is 12.3 Å². The van der Waals surface area contributed by atoms with E-state index in [0.29, 0.717) is 16.7 Å². The molecule has 0 nitrogen and oxygen atoms in total. The summed E-state index contributed by atoms with van der Waals surface area (Å²) in [6.45, 7) is 12.4. The van der Waals surface area contributed by atoms with E-state index >= 15 is 0 Å². The molecule has 4 rings (SSSR count). The van der Waals surface area contributed by atoms with Gasteiger partial charge in [-0.2, -0.15) is 0 Å². The van der Waals surface area contributed by atoms with Gasteiger partial charge in [0.2, 0.25) is 0 Å². The lowest BCUT2D eigenvalue weighted by atomic mass is 9.47. The summed E-state index contributed by atoms with van der Waals surface area (Å²) in [5.74, 6) is 12.6. The first-order valence-corrected chi connectivity index (χ1v) is 12.5. The Morgan fingerprint density at radius 2 is 1.89 bits per heavy atom. The summed E-state index contributed by atoms with van der Waals surface area (Å²) in [4.78, 5) is 0. The largest absolute Gasteiger partial charge is 0.103 e. The SMILES string of the molecule is CC(C)CCCC#CC1CCC2C3CC=C4CC(C)CCC4(C)C3CCC12C. The highest BCUT2D eigenvalue weighted by Gasteiger charge is 2.58. The lowest BCUT2D eigenvalue weighted by Crippen LogP contribution is -2.49. The van der Waals surface area contributed by atoms with Gasteiger partial charge < -0.3 is 0 Å². The quantitative estimate of drug-likeness (QED) is 0.264. The number of allylic oxidation sites excluding steroid dienone is 2. The van der Waals surface area contributed by atoms with E-state index in [2.05, 4.69) is 52.5 Å². The molecule has 0 heterocycles. The van der Waals surface area contributed by atoms with E-state index in [4.69, 9.17) is 0 Å². The molecule has 3 saturated carbocycles. The van der Waals surface area contributed by atoms with Crippen molar-refractivity contribution in [1.29, 1.82) is 0 Å². The van der Waals surface area contributed by atoms with Crippen LogP contribution in [0.3, 0.4) is 0 Å². The first-order valence-electron chi connectivity index (χ1n) is 12.5. The van der Waals surface area contributed by atoms with Crippen LogP contribution in [-0.4, -0.2) is 0 Å². The fourth-order valence-electron chi connectivity index (χ4n) is 7.87. The lowest BCUT2D eigenvalue weighted by Gasteiger charge is -2.58. The molecule has 0 aromatic carbocycles. The van der Waals surface area contributed by atoms with E-state index in [1.807, 2.05) is 5.57 Å². The molecule has 0 heteroatoms. The molecule has 0 aliphatic heterocycles. The molecule has 0 aromatic rings. The summed E-state index contributed by atoms with van der Waals surface area (Å²) in [5, 5.41) is 0. The van der Waals surface area contributed by atoms with Crippen molar-refractivity contribution in [3.8, 4) is 11.8 Å². The molecule has 0 N–H and O–H groups in total. The van der Waals surface area contributed by atoms with Crippen molar-refractivity contribution >= 4 is 0 Å². The van der Waals surface area contributed by atoms with E-state index in [0.717, 1.165) is 36.0 Å². The Balaban J connectivity index is 1.47. The molecule has 0 spiro atoms. The van der Waals surface area contributed by atoms with Crippen LogP contribution < -0.4 is 0 Å². The van der Waals surface area contributed by atoms with Crippen LogP contribution in [0.25, 0.3) is 0 Å². The van der Waals surface area contributed by atoms with Crippen LogP contribution in [-0.2, 0) is 0 Å². The summed E-state index contributed by atoms with van der Waals surface area (Å²) >= 11 is 0. The fraction of sp³-hybridized carbons (Fsp3) is 0.857. The second-order valence-electron chi connectivity index (χ2n) is 11.9. The van der Waals surface area contributed by atoms with E-state index in [1.54, 1.807) is 0 Å². The maximum absolute atomic E-state index is 3.80. The van der Waals surface area contributed by atoms with E-state index in [-0.39, 0.29) is 0 Å². The van der Waals surface area contributed by atoms with Gasteiger partial charge >= 0.3 is 0 Å². The predicted octanol–water partition coefficient (Wildman–Crippen LogP) is 8.03. The van der Waals surface area contributed by atoms with Crippen LogP contribution in [0.4, 0.5) is 0 Å². The van der Waals surface area contributed by atoms with Crippen molar-refractivity contribution in [3.63, 3.8) is 0 Å². The molecule has 3 fully saturated rings. The van der Waals surface area contributed by atoms with Crippen LogP contribution in [0.5, 0.6) is 0 Å². The molecule has 0 aromatic heterocycles. The predicted molar refractivity (Wildman–Crippen MR) is 121 cm³/mol. The van der Waals surface area contributed by atoms with Gasteiger partial charge in [0.1, 0.15) is 0 Å². The molecule has 156 valence electrons. The third-order valence-electron chi connectivity index (χ3n) is 9.71. The molecule has 7 atom stereocenters. The number of unbranched alkanes of at least 4 members (excludes halogenated alkanes) is 1. The Morgan fingerprint density at radius 3 is 2.68 bits per heavy atom. The minimum atomic E-state index is 0.496. The summed E-state index contributed by atoms with van der Waals surface area (Å²) in [6, 6.07) is 0. The van der Waals surface area contributed by atoms with Crippen molar-refractivity contribution in [3.05, 3.63) is 11.6 Å². The van der Waals surface area contributed by atoms with Gasteiger partial charge in [-0.3, -0.25) is 0 Å².